The van der Waals surface area contributed by atoms with E-state index < -0.39 is 0 Å². The lowest BCUT2D eigenvalue weighted by atomic mass is 10.2. The van der Waals surface area contributed by atoms with E-state index in [4.69, 9.17) is 4.98 Å². The molecule has 2 heterocycles. The van der Waals surface area contributed by atoms with Crippen LogP contribution in [-0.2, 0) is 0 Å². The van der Waals surface area contributed by atoms with Crippen LogP contribution in [0, 0.1) is 6.92 Å². The van der Waals surface area contributed by atoms with Crippen molar-refractivity contribution in [2.45, 2.75) is 6.92 Å². The van der Waals surface area contributed by atoms with Crippen molar-refractivity contribution in [1.82, 2.24) is 14.9 Å². The molecule has 0 saturated heterocycles. The summed E-state index contributed by atoms with van der Waals surface area (Å²) in [5, 5.41) is 1.23. The van der Waals surface area contributed by atoms with Gasteiger partial charge in [-0.15, -0.1) is 23.7 Å². The quantitative estimate of drug-likeness (QED) is 0.452. The zero-order valence-corrected chi connectivity index (χ0v) is 18.3. The Morgan fingerprint density at radius 1 is 0.964 bits per heavy atom. The number of hydrogen-bond acceptors (Lipinski definition) is 6. The number of hydrogen-bond donors (Lipinski definition) is 0. The SMILES string of the molecule is Cc1cccc2sc(N(CCN(C)C)C(=O)c3nc4ccccc4s3)nc12.Cl. The zero-order valence-electron chi connectivity index (χ0n) is 15.9. The van der Waals surface area contributed by atoms with Gasteiger partial charge in [-0.25, -0.2) is 9.97 Å². The molecule has 0 aliphatic rings. The Kier molecular flexibility index (Phi) is 6.30. The first-order valence-corrected chi connectivity index (χ1v) is 10.3. The first-order chi connectivity index (χ1) is 13.0. The van der Waals surface area contributed by atoms with E-state index >= 15 is 0 Å². The van der Waals surface area contributed by atoms with Crippen LogP contribution in [0.2, 0.25) is 0 Å². The maximum atomic E-state index is 13.3. The molecule has 2 aromatic heterocycles. The van der Waals surface area contributed by atoms with Gasteiger partial charge < -0.3 is 4.90 Å². The number of para-hydroxylation sites is 2. The molecule has 4 rings (SSSR count). The lowest BCUT2D eigenvalue weighted by molar-refractivity contribution is 0.0985. The van der Waals surface area contributed by atoms with Crippen LogP contribution in [0.4, 0.5) is 5.13 Å². The van der Waals surface area contributed by atoms with E-state index in [0.29, 0.717) is 11.6 Å². The fraction of sp³-hybridized carbons (Fsp3) is 0.250. The molecule has 146 valence electrons. The van der Waals surface area contributed by atoms with Gasteiger partial charge in [0.1, 0.15) is 0 Å². The van der Waals surface area contributed by atoms with Crippen molar-refractivity contribution in [2.24, 2.45) is 0 Å². The molecule has 0 atom stereocenters. The number of amides is 1. The second kappa shape index (κ2) is 8.53. The van der Waals surface area contributed by atoms with Crippen LogP contribution in [0.5, 0.6) is 0 Å². The van der Waals surface area contributed by atoms with Crippen LogP contribution in [0.25, 0.3) is 20.4 Å². The second-order valence-electron chi connectivity index (χ2n) is 6.66. The van der Waals surface area contributed by atoms with Crippen LogP contribution in [0.15, 0.2) is 42.5 Å². The van der Waals surface area contributed by atoms with E-state index in [2.05, 4.69) is 16.0 Å². The van der Waals surface area contributed by atoms with Gasteiger partial charge in [-0.3, -0.25) is 9.69 Å². The second-order valence-corrected chi connectivity index (χ2v) is 8.70. The van der Waals surface area contributed by atoms with Crippen LogP contribution in [-0.4, -0.2) is 48.0 Å². The lowest BCUT2D eigenvalue weighted by Crippen LogP contribution is -2.36. The van der Waals surface area contributed by atoms with Crippen molar-refractivity contribution in [3.8, 4) is 0 Å². The number of rotatable bonds is 5. The fourth-order valence-electron chi connectivity index (χ4n) is 2.85. The van der Waals surface area contributed by atoms with Crippen LogP contribution in [0.1, 0.15) is 15.4 Å². The molecule has 0 unspecified atom stereocenters. The molecule has 1 amide bonds. The predicted molar refractivity (Wildman–Crippen MR) is 121 cm³/mol. The summed E-state index contributed by atoms with van der Waals surface area (Å²) in [6, 6.07) is 14.0. The normalized spacial score (nSPS) is 11.1. The lowest BCUT2D eigenvalue weighted by Gasteiger charge is -2.20. The highest BCUT2D eigenvalue weighted by Crippen LogP contribution is 2.32. The third-order valence-corrected chi connectivity index (χ3v) is 6.40. The maximum absolute atomic E-state index is 13.3. The summed E-state index contributed by atoms with van der Waals surface area (Å²) < 4.78 is 2.12. The van der Waals surface area contributed by atoms with Gasteiger partial charge in [0.15, 0.2) is 10.1 Å². The van der Waals surface area contributed by atoms with Crippen molar-refractivity contribution < 1.29 is 4.79 Å². The third-order valence-electron chi connectivity index (χ3n) is 4.33. The number of aryl methyl sites for hydroxylation is 1. The Bertz CT molecular complexity index is 1090. The minimum absolute atomic E-state index is 0. The molecule has 0 radical (unpaired) electrons. The average molecular weight is 433 g/mol. The summed E-state index contributed by atoms with van der Waals surface area (Å²) in [6.07, 6.45) is 0. The summed E-state index contributed by atoms with van der Waals surface area (Å²) in [4.78, 5) is 26.5. The van der Waals surface area contributed by atoms with Gasteiger partial charge in [-0.05, 0) is 44.8 Å². The molecule has 0 bridgehead atoms. The Morgan fingerprint density at radius 3 is 2.43 bits per heavy atom. The van der Waals surface area contributed by atoms with Gasteiger partial charge >= 0.3 is 0 Å². The molecule has 0 spiro atoms. The number of benzene rings is 2. The number of anilines is 1. The van der Waals surface area contributed by atoms with E-state index in [1.807, 2.05) is 57.4 Å². The molecule has 0 aliphatic carbocycles. The standard InChI is InChI=1S/C20H20N4OS2.ClH/c1-13-7-6-10-16-17(13)22-20(27-16)24(12-11-23(2)3)19(25)18-21-14-8-4-5-9-15(14)26-18;/h4-10H,11-12H2,1-3H3;1H. The van der Waals surface area contributed by atoms with Crippen LogP contribution < -0.4 is 4.90 Å². The number of aromatic nitrogens is 2. The smallest absolute Gasteiger partial charge is 0.289 e. The average Bonchev–Trinajstić information content (AvgIpc) is 3.26. The monoisotopic (exact) mass is 432 g/mol. The molecule has 0 fully saturated rings. The van der Waals surface area contributed by atoms with E-state index in [0.717, 1.165) is 37.7 Å². The summed E-state index contributed by atoms with van der Waals surface area (Å²) in [5.74, 6) is -0.0882. The highest BCUT2D eigenvalue weighted by Gasteiger charge is 2.24. The van der Waals surface area contributed by atoms with E-state index in [9.17, 15) is 4.79 Å². The Hall–Kier alpha value is -2.06. The van der Waals surface area contributed by atoms with Gasteiger partial charge in [0.2, 0.25) is 0 Å². The molecule has 2 aromatic carbocycles. The highest BCUT2D eigenvalue weighted by molar-refractivity contribution is 7.23. The topological polar surface area (TPSA) is 49.3 Å². The van der Waals surface area contributed by atoms with Crippen molar-refractivity contribution in [2.75, 3.05) is 32.1 Å². The summed E-state index contributed by atoms with van der Waals surface area (Å²) in [7, 11) is 4.01. The first-order valence-electron chi connectivity index (χ1n) is 8.71. The van der Waals surface area contributed by atoms with Crippen LogP contribution >= 0.6 is 35.1 Å². The first kappa shape index (κ1) is 20.7. The van der Waals surface area contributed by atoms with E-state index in [-0.39, 0.29) is 18.3 Å². The number of nitrogens with zero attached hydrogens (tertiary/aromatic N) is 4. The molecular weight excluding hydrogens is 412 g/mol. The molecule has 0 aliphatic heterocycles. The molecule has 0 N–H and O–H groups in total. The summed E-state index contributed by atoms with van der Waals surface area (Å²) >= 11 is 2.99. The number of halogens is 1. The number of likely N-dealkylation sites (N-methyl/N-ethyl adjacent to an activating group) is 1. The van der Waals surface area contributed by atoms with Gasteiger partial charge in [0, 0.05) is 13.1 Å². The van der Waals surface area contributed by atoms with Gasteiger partial charge in [-0.1, -0.05) is 35.6 Å². The van der Waals surface area contributed by atoms with Gasteiger partial charge in [-0.2, -0.15) is 0 Å². The Morgan fingerprint density at radius 2 is 1.71 bits per heavy atom. The van der Waals surface area contributed by atoms with Crippen molar-refractivity contribution >= 4 is 66.6 Å². The van der Waals surface area contributed by atoms with Crippen molar-refractivity contribution in [3.63, 3.8) is 0 Å². The third kappa shape index (κ3) is 4.03. The number of carbonyl (C=O) groups is 1. The van der Waals surface area contributed by atoms with Gasteiger partial charge in [0.25, 0.3) is 5.91 Å². The number of fused-ring (bicyclic) bond motifs is 2. The molecule has 28 heavy (non-hydrogen) atoms. The summed E-state index contributed by atoms with van der Waals surface area (Å²) in [6.45, 7) is 3.37. The maximum Gasteiger partial charge on any atom is 0.289 e. The van der Waals surface area contributed by atoms with Crippen molar-refractivity contribution in [1.29, 1.82) is 0 Å². The largest absolute Gasteiger partial charge is 0.308 e. The summed E-state index contributed by atoms with van der Waals surface area (Å²) in [5.41, 5.74) is 2.94. The van der Waals surface area contributed by atoms with Crippen LogP contribution in [0.3, 0.4) is 0 Å². The molecule has 4 aromatic rings. The zero-order chi connectivity index (χ0) is 19.0. The Balaban J connectivity index is 0.00000225. The van der Waals surface area contributed by atoms with Crippen molar-refractivity contribution in [3.05, 3.63) is 53.0 Å². The predicted octanol–water partition coefficient (Wildman–Crippen LogP) is 4.84. The Labute approximate surface area is 178 Å². The fourth-order valence-corrected chi connectivity index (χ4v) is 4.84. The number of carbonyl (C=O) groups excluding carboxylic acids is 1. The van der Waals surface area contributed by atoms with E-state index in [1.165, 1.54) is 11.3 Å². The minimum Gasteiger partial charge on any atom is -0.308 e. The number of thiazole rings is 2. The molecular formula is C20H21ClN4OS2. The minimum atomic E-state index is -0.0882. The highest BCUT2D eigenvalue weighted by atomic mass is 35.5. The van der Waals surface area contributed by atoms with Gasteiger partial charge in [0.05, 0.1) is 20.4 Å². The molecule has 0 saturated carbocycles. The molecule has 5 nitrogen and oxygen atoms in total. The van der Waals surface area contributed by atoms with E-state index in [1.54, 1.807) is 16.2 Å². The molecule has 8 heteroatoms.